The van der Waals surface area contributed by atoms with E-state index in [2.05, 4.69) is 154 Å². The summed E-state index contributed by atoms with van der Waals surface area (Å²) in [7, 11) is 0. The number of para-hydroxylation sites is 3. The molecule has 0 radical (unpaired) electrons. The van der Waals surface area contributed by atoms with Gasteiger partial charge in [0.1, 0.15) is 17.0 Å². The summed E-state index contributed by atoms with van der Waals surface area (Å²) < 4.78 is 9.21. The van der Waals surface area contributed by atoms with Crippen molar-refractivity contribution in [2.24, 2.45) is 0 Å². The van der Waals surface area contributed by atoms with Gasteiger partial charge in [-0.1, -0.05) is 113 Å². The highest BCUT2D eigenvalue weighted by Crippen LogP contribution is 2.43. The highest BCUT2D eigenvalue weighted by Gasteiger charge is 2.25. The molecule has 8 aromatic rings. The second-order valence-corrected chi connectivity index (χ2v) is 12.4. The minimum atomic E-state index is 0.300. The van der Waals surface area contributed by atoms with E-state index in [-0.39, 0.29) is 0 Å². The lowest BCUT2D eigenvalue weighted by Gasteiger charge is -2.24. The Morgan fingerprint density at radius 2 is 1.23 bits per heavy atom. The number of rotatable bonds is 5. The summed E-state index contributed by atoms with van der Waals surface area (Å²) in [6.07, 6.45) is 0. The van der Waals surface area contributed by atoms with Crippen LogP contribution in [-0.2, 0) is 0 Å². The van der Waals surface area contributed by atoms with Gasteiger partial charge in [0.2, 0.25) is 0 Å². The molecule has 8 rings (SSSR count). The molecule has 0 saturated carbocycles. The van der Waals surface area contributed by atoms with E-state index in [0.29, 0.717) is 11.8 Å². The molecule has 3 heteroatoms. The molecule has 3 nitrogen and oxygen atoms in total. The molecule has 0 bridgehead atoms. The van der Waals surface area contributed by atoms with Crippen LogP contribution in [0.1, 0.15) is 50.7 Å². The number of aromatic nitrogens is 2. The molecule has 214 valence electrons. The van der Waals surface area contributed by atoms with Crippen LogP contribution in [0.5, 0.6) is 0 Å². The Hall–Kier alpha value is -5.15. The van der Waals surface area contributed by atoms with Crippen LogP contribution in [0.15, 0.2) is 126 Å². The molecule has 0 aliphatic rings. The second-order valence-electron chi connectivity index (χ2n) is 12.4. The third-order valence-electron chi connectivity index (χ3n) is 8.93. The van der Waals surface area contributed by atoms with Crippen molar-refractivity contribution in [2.75, 3.05) is 0 Å². The minimum absolute atomic E-state index is 0.300. The summed E-state index contributed by atoms with van der Waals surface area (Å²) >= 11 is 0. The van der Waals surface area contributed by atoms with E-state index >= 15 is 0 Å². The fourth-order valence-electron chi connectivity index (χ4n) is 6.75. The summed E-state index contributed by atoms with van der Waals surface area (Å²) in [5, 5.41) is 4.53. The zero-order valence-corrected chi connectivity index (χ0v) is 25.5. The van der Waals surface area contributed by atoms with Crippen molar-refractivity contribution >= 4 is 43.7 Å². The van der Waals surface area contributed by atoms with E-state index in [9.17, 15) is 0 Å². The van der Waals surface area contributed by atoms with Crippen molar-refractivity contribution in [3.8, 4) is 28.2 Å². The van der Waals surface area contributed by atoms with Crippen LogP contribution in [0, 0.1) is 0 Å². The van der Waals surface area contributed by atoms with Gasteiger partial charge in [-0.2, -0.15) is 0 Å². The van der Waals surface area contributed by atoms with E-state index in [1.165, 1.54) is 33.3 Å². The molecular formula is C41H34N2O. The molecule has 0 saturated heterocycles. The highest BCUT2D eigenvalue weighted by atomic mass is 16.3. The van der Waals surface area contributed by atoms with Crippen molar-refractivity contribution < 1.29 is 4.42 Å². The fourth-order valence-corrected chi connectivity index (χ4v) is 6.75. The average Bonchev–Trinajstić information content (AvgIpc) is 3.63. The van der Waals surface area contributed by atoms with Crippen LogP contribution in [-0.4, -0.2) is 9.55 Å². The Kier molecular flexibility index (Phi) is 6.16. The normalized spacial score (nSPS) is 12.0. The number of benzene rings is 6. The van der Waals surface area contributed by atoms with Gasteiger partial charge < -0.3 is 4.42 Å². The van der Waals surface area contributed by atoms with Crippen LogP contribution in [0.3, 0.4) is 0 Å². The zero-order chi connectivity index (χ0) is 29.9. The highest BCUT2D eigenvalue weighted by molar-refractivity contribution is 6.17. The van der Waals surface area contributed by atoms with Gasteiger partial charge in [0.05, 0.1) is 22.3 Å². The van der Waals surface area contributed by atoms with E-state index in [1.54, 1.807) is 0 Å². The maximum absolute atomic E-state index is 6.82. The molecular weight excluding hydrogens is 536 g/mol. The lowest BCUT2D eigenvalue weighted by molar-refractivity contribution is 0.673. The van der Waals surface area contributed by atoms with E-state index in [4.69, 9.17) is 9.40 Å². The van der Waals surface area contributed by atoms with Gasteiger partial charge in [-0.05, 0) is 75.9 Å². The molecule has 0 spiro atoms. The van der Waals surface area contributed by atoms with Crippen molar-refractivity contribution in [2.45, 2.75) is 39.5 Å². The lowest BCUT2D eigenvalue weighted by atomic mass is 9.88. The topological polar surface area (TPSA) is 31.0 Å². The summed E-state index contributed by atoms with van der Waals surface area (Å²) in [5.41, 5.74) is 11.2. The standard InChI is InChI=1S/C41H34N2O/c1-25(2)34-23-29(27-13-6-5-7-14-27)24-35(26(3)4)38(34)43-37-20-11-10-19-36(37)42-41(43)33-18-12-17-31-32-22-21-28-15-8-9-16-30(28)39(32)44-40(31)33/h5-26H,1-4H3. The molecule has 44 heavy (non-hydrogen) atoms. The Balaban J connectivity index is 1.48. The van der Waals surface area contributed by atoms with Crippen LogP contribution >= 0.6 is 0 Å². The van der Waals surface area contributed by atoms with Crippen molar-refractivity contribution in [1.29, 1.82) is 0 Å². The molecule has 0 unspecified atom stereocenters. The second kappa shape index (κ2) is 10.2. The molecule has 0 aliphatic heterocycles. The van der Waals surface area contributed by atoms with Gasteiger partial charge >= 0.3 is 0 Å². The Morgan fingerprint density at radius 3 is 2.00 bits per heavy atom. The van der Waals surface area contributed by atoms with Gasteiger partial charge in [0.15, 0.2) is 0 Å². The Bertz CT molecular complexity index is 2310. The molecule has 0 aliphatic carbocycles. The minimum Gasteiger partial charge on any atom is -0.455 e. The number of hydrogen-bond acceptors (Lipinski definition) is 2. The summed E-state index contributed by atoms with van der Waals surface area (Å²) in [6.45, 7) is 9.17. The number of fused-ring (bicyclic) bond motifs is 6. The van der Waals surface area contributed by atoms with Gasteiger partial charge in [-0.15, -0.1) is 0 Å². The van der Waals surface area contributed by atoms with E-state index < -0.39 is 0 Å². The number of furan rings is 1. The lowest BCUT2D eigenvalue weighted by Crippen LogP contribution is -2.09. The van der Waals surface area contributed by atoms with E-state index in [1.807, 2.05) is 0 Å². The Morgan fingerprint density at radius 1 is 0.568 bits per heavy atom. The Labute approximate surface area is 257 Å². The monoisotopic (exact) mass is 570 g/mol. The van der Waals surface area contributed by atoms with Gasteiger partial charge in [0.25, 0.3) is 0 Å². The van der Waals surface area contributed by atoms with Gasteiger partial charge in [-0.3, -0.25) is 4.57 Å². The van der Waals surface area contributed by atoms with Crippen LogP contribution in [0.2, 0.25) is 0 Å². The van der Waals surface area contributed by atoms with Crippen LogP contribution in [0.25, 0.3) is 71.9 Å². The SMILES string of the molecule is CC(C)c1cc(-c2ccccc2)cc(C(C)C)c1-n1c(-c2cccc3c2oc2c4ccccc4ccc32)nc2ccccc21. The first-order valence-corrected chi connectivity index (χ1v) is 15.5. The number of nitrogens with zero attached hydrogens (tertiary/aromatic N) is 2. The van der Waals surface area contributed by atoms with Crippen molar-refractivity contribution in [1.82, 2.24) is 9.55 Å². The van der Waals surface area contributed by atoms with Crippen LogP contribution < -0.4 is 0 Å². The smallest absolute Gasteiger partial charge is 0.149 e. The third-order valence-corrected chi connectivity index (χ3v) is 8.93. The quantitative estimate of drug-likeness (QED) is 0.206. The molecule has 6 aromatic carbocycles. The zero-order valence-electron chi connectivity index (χ0n) is 25.5. The molecule has 0 atom stereocenters. The van der Waals surface area contributed by atoms with E-state index in [0.717, 1.165) is 49.7 Å². The molecule has 0 amide bonds. The largest absolute Gasteiger partial charge is 0.455 e. The summed E-state index contributed by atoms with van der Waals surface area (Å²) in [4.78, 5) is 5.33. The predicted octanol–water partition coefficient (Wildman–Crippen LogP) is 11.7. The van der Waals surface area contributed by atoms with Gasteiger partial charge in [-0.25, -0.2) is 4.98 Å². The number of imidazole rings is 1. The first-order chi connectivity index (χ1) is 21.5. The molecule has 0 N–H and O–H groups in total. The molecule has 2 aromatic heterocycles. The summed E-state index contributed by atoms with van der Waals surface area (Å²) in [5.74, 6) is 1.50. The fraction of sp³-hybridized carbons (Fsp3) is 0.146. The third kappa shape index (κ3) is 4.07. The van der Waals surface area contributed by atoms with Crippen LogP contribution in [0.4, 0.5) is 0 Å². The van der Waals surface area contributed by atoms with Crippen molar-refractivity contribution in [3.05, 3.63) is 132 Å². The van der Waals surface area contributed by atoms with Crippen molar-refractivity contribution in [3.63, 3.8) is 0 Å². The molecule has 2 heterocycles. The first-order valence-electron chi connectivity index (χ1n) is 15.5. The molecule has 0 fully saturated rings. The van der Waals surface area contributed by atoms with Gasteiger partial charge in [0, 0.05) is 16.2 Å². The predicted molar refractivity (Wildman–Crippen MR) is 185 cm³/mol. The number of hydrogen-bond donors (Lipinski definition) is 0. The maximum Gasteiger partial charge on any atom is 0.149 e. The summed E-state index contributed by atoms with van der Waals surface area (Å²) in [6, 6.07) is 43.3. The first kappa shape index (κ1) is 26.5. The average molecular weight is 571 g/mol. The maximum atomic E-state index is 6.82.